The number of allylic oxidation sites excluding steroid dienone is 1. The third-order valence-corrected chi connectivity index (χ3v) is 3.81. The van der Waals surface area contributed by atoms with Crippen molar-refractivity contribution < 1.29 is 14.6 Å². The first-order valence-corrected chi connectivity index (χ1v) is 6.41. The van der Waals surface area contributed by atoms with E-state index in [9.17, 15) is 9.90 Å². The molecule has 2 rings (SSSR count). The van der Waals surface area contributed by atoms with Crippen LogP contribution in [0.15, 0.2) is 35.5 Å². The number of esters is 1. The van der Waals surface area contributed by atoms with Crippen LogP contribution in [0.4, 0.5) is 0 Å². The van der Waals surface area contributed by atoms with E-state index in [1.807, 2.05) is 26.0 Å². The van der Waals surface area contributed by atoms with E-state index >= 15 is 0 Å². The molecule has 0 amide bonds. The van der Waals surface area contributed by atoms with Crippen LogP contribution in [0.1, 0.15) is 33.1 Å². The van der Waals surface area contributed by atoms with E-state index in [0.29, 0.717) is 18.4 Å². The van der Waals surface area contributed by atoms with Crippen molar-refractivity contribution in [2.24, 2.45) is 5.92 Å². The average Bonchev–Trinajstić information content (AvgIpc) is 2.66. The highest BCUT2D eigenvalue weighted by Gasteiger charge is 2.32. The number of hydrogen-bond acceptors (Lipinski definition) is 3. The summed E-state index contributed by atoms with van der Waals surface area (Å²) in [5, 5.41) is 9.97. The third kappa shape index (κ3) is 2.56. The summed E-state index contributed by atoms with van der Waals surface area (Å²) in [6.07, 6.45) is 5.18. The molecule has 0 spiro atoms. The van der Waals surface area contributed by atoms with Gasteiger partial charge in [0.25, 0.3) is 0 Å². The van der Waals surface area contributed by atoms with Crippen LogP contribution in [0.5, 0.6) is 0 Å². The standard InChI is InChI=1S/C15H20O3/c1-9(2)12-6-4-10(3)13(16)7-5-11-8-14(12)18-15(11)17/h4,8,12-14,16H,1,5-7H2,2-3H3/t12-,13-,14-/m0/s1. The van der Waals surface area contributed by atoms with E-state index in [-0.39, 0.29) is 18.0 Å². The van der Waals surface area contributed by atoms with Crippen LogP contribution in [-0.4, -0.2) is 23.3 Å². The first-order chi connectivity index (χ1) is 8.49. The van der Waals surface area contributed by atoms with Crippen LogP contribution in [-0.2, 0) is 9.53 Å². The molecule has 0 radical (unpaired) electrons. The molecular formula is C15H20O3. The maximum atomic E-state index is 11.7. The Labute approximate surface area is 108 Å². The summed E-state index contributed by atoms with van der Waals surface area (Å²) in [7, 11) is 0. The minimum absolute atomic E-state index is 0.103. The Hall–Kier alpha value is -1.35. The maximum absolute atomic E-state index is 11.7. The van der Waals surface area contributed by atoms with Crippen molar-refractivity contribution in [2.45, 2.75) is 45.3 Å². The summed E-state index contributed by atoms with van der Waals surface area (Å²) in [5.41, 5.74) is 2.67. The summed E-state index contributed by atoms with van der Waals surface area (Å²) < 4.78 is 5.40. The topological polar surface area (TPSA) is 46.5 Å². The molecule has 2 bridgehead atoms. The number of carbonyl (C=O) groups excluding carboxylic acids is 1. The van der Waals surface area contributed by atoms with Crippen LogP contribution in [0.3, 0.4) is 0 Å². The fourth-order valence-corrected chi connectivity index (χ4v) is 2.47. The van der Waals surface area contributed by atoms with Gasteiger partial charge in [0, 0.05) is 11.5 Å². The lowest BCUT2D eigenvalue weighted by atomic mass is 9.88. The van der Waals surface area contributed by atoms with E-state index in [4.69, 9.17) is 4.74 Å². The second-order valence-electron chi connectivity index (χ2n) is 5.25. The second kappa shape index (κ2) is 5.11. The zero-order valence-electron chi connectivity index (χ0n) is 11.0. The highest BCUT2D eigenvalue weighted by molar-refractivity contribution is 5.91. The average molecular weight is 248 g/mol. The molecule has 0 aromatic rings. The highest BCUT2D eigenvalue weighted by atomic mass is 16.5. The van der Waals surface area contributed by atoms with Gasteiger partial charge in [0.05, 0.1) is 6.10 Å². The Kier molecular flexibility index (Phi) is 3.71. The van der Waals surface area contributed by atoms with Crippen LogP contribution >= 0.6 is 0 Å². The molecular weight excluding hydrogens is 228 g/mol. The van der Waals surface area contributed by atoms with Gasteiger partial charge in [0.2, 0.25) is 0 Å². The van der Waals surface area contributed by atoms with Crippen LogP contribution in [0, 0.1) is 5.92 Å². The summed E-state index contributed by atoms with van der Waals surface area (Å²) in [4.78, 5) is 11.7. The van der Waals surface area contributed by atoms with Crippen LogP contribution in [0.2, 0.25) is 0 Å². The number of aliphatic hydroxyl groups is 1. The maximum Gasteiger partial charge on any atom is 0.334 e. The number of hydrogen-bond donors (Lipinski definition) is 1. The molecule has 1 N–H and O–H groups in total. The lowest BCUT2D eigenvalue weighted by Crippen LogP contribution is -2.21. The number of ether oxygens (including phenoxy) is 1. The molecule has 1 aliphatic heterocycles. The van der Waals surface area contributed by atoms with Gasteiger partial charge in [-0.2, -0.15) is 0 Å². The molecule has 0 saturated heterocycles. The molecule has 2 aliphatic rings. The van der Waals surface area contributed by atoms with E-state index in [2.05, 4.69) is 6.58 Å². The molecule has 0 saturated carbocycles. The minimum Gasteiger partial charge on any atom is -0.454 e. The van der Waals surface area contributed by atoms with E-state index in [1.165, 1.54) is 0 Å². The van der Waals surface area contributed by atoms with Crippen LogP contribution in [0.25, 0.3) is 0 Å². The lowest BCUT2D eigenvalue weighted by molar-refractivity contribution is -0.141. The Balaban J connectivity index is 2.29. The first-order valence-electron chi connectivity index (χ1n) is 6.41. The predicted molar refractivity (Wildman–Crippen MR) is 69.9 cm³/mol. The first kappa shape index (κ1) is 13.1. The summed E-state index contributed by atoms with van der Waals surface area (Å²) in [5.74, 6) is -0.135. The minimum atomic E-state index is -0.471. The Morgan fingerprint density at radius 2 is 2.28 bits per heavy atom. The zero-order valence-corrected chi connectivity index (χ0v) is 11.0. The summed E-state index contributed by atoms with van der Waals surface area (Å²) in [6, 6.07) is 0. The van der Waals surface area contributed by atoms with Gasteiger partial charge in [-0.25, -0.2) is 4.79 Å². The molecule has 0 fully saturated rings. The van der Waals surface area contributed by atoms with Crippen molar-refractivity contribution in [3.8, 4) is 0 Å². The number of aliphatic hydroxyl groups excluding tert-OH is 1. The van der Waals surface area contributed by atoms with Gasteiger partial charge in [-0.1, -0.05) is 18.2 Å². The molecule has 1 heterocycles. The molecule has 98 valence electrons. The van der Waals surface area contributed by atoms with Gasteiger partial charge in [0.15, 0.2) is 0 Å². The normalized spacial score (nSPS) is 32.4. The molecule has 1 aliphatic carbocycles. The smallest absolute Gasteiger partial charge is 0.334 e. The van der Waals surface area contributed by atoms with Gasteiger partial charge in [-0.3, -0.25) is 0 Å². The summed E-state index contributed by atoms with van der Waals surface area (Å²) >= 11 is 0. The van der Waals surface area contributed by atoms with E-state index < -0.39 is 6.10 Å². The molecule has 3 atom stereocenters. The van der Waals surface area contributed by atoms with Gasteiger partial charge < -0.3 is 9.84 Å². The molecule has 0 unspecified atom stereocenters. The Bertz CT molecular complexity index is 431. The molecule has 3 nitrogen and oxygen atoms in total. The summed E-state index contributed by atoms with van der Waals surface area (Å²) in [6.45, 7) is 7.86. The van der Waals surface area contributed by atoms with Crippen molar-refractivity contribution in [1.82, 2.24) is 0 Å². The van der Waals surface area contributed by atoms with Gasteiger partial charge in [-0.05, 0) is 44.8 Å². The van der Waals surface area contributed by atoms with Crippen molar-refractivity contribution in [1.29, 1.82) is 0 Å². The SMILES string of the molecule is C=C(C)[C@@H]1CC=C(C)[C@@H](O)CCC2=C[C@@H]1OC2=O. The van der Waals surface area contributed by atoms with Gasteiger partial charge >= 0.3 is 5.97 Å². The molecule has 0 aromatic heterocycles. The fraction of sp³-hybridized carbons (Fsp3) is 0.533. The fourth-order valence-electron chi connectivity index (χ4n) is 2.47. The second-order valence-corrected chi connectivity index (χ2v) is 5.25. The van der Waals surface area contributed by atoms with Gasteiger partial charge in [0.1, 0.15) is 6.10 Å². The van der Waals surface area contributed by atoms with Crippen molar-refractivity contribution >= 4 is 5.97 Å². The monoisotopic (exact) mass is 248 g/mol. The number of fused-ring (bicyclic) bond motifs is 1. The van der Waals surface area contributed by atoms with Gasteiger partial charge in [-0.15, -0.1) is 0 Å². The van der Waals surface area contributed by atoms with E-state index in [0.717, 1.165) is 17.6 Å². The highest BCUT2D eigenvalue weighted by Crippen LogP contribution is 2.31. The van der Waals surface area contributed by atoms with Crippen molar-refractivity contribution in [2.75, 3.05) is 0 Å². The van der Waals surface area contributed by atoms with Crippen molar-refractivity contribution in [3.05, 3.63) is 35.5 Å². The predicted octanol–water partition coefficient (Wildman–Crippen LogP) is 2.52. The lowest BCUT2D eigenvalue weighted by Gasteiger charge is -2.21. The largest absolute Gasteiger partial charge is 0.454 e. The molecule has 0 aromatic carbocycles. The molecule has 18 heavy (non-hydrogen) atoms. The third-order valence-electron chi connectivity index (χ3n) is 3.81. The number of carbonyl (C=O) groups is 1. The zero-order chi connectivity index (χ0) is 13.3. The quantitative estimate of drug-likeness (QED) is 0.573. The van der Waals surface area contributed by atoms with E-state index in [1.54, 1.807) is 0 Å². The van der Waals surface area contributed by atoms with Crippen molar-refractivity contribution in [3.63, 3.8) is 0 Å². The Morgan fingerprint density at radius 3 is 2.94 bits per heavy atom. The number of rotatable bonds is 1. The van der Waals surface area contributed by atoms with Crippen LogP contribution < -0.4 is 0 Å². The molecule has 3 heteroatoms. The Morgan fingerprint density at radius 1 is 1.56 bits per heavy atom.